The fraction of sp³-hybridized carbons (Fsp3) is 0.348. The number of aryl methyl sites for hydroxylation is 2. The first-order valence-corrected chi connectivity index (χ1v) is 13.8. The van der Waals surface area contributed by atoms with Crippen molar-refractivity contribution in [3.8, 4) is 0 Å². The normalized spacial score (nSPS) is 15.5. The van der Waals surface area contributed by atoms with Gasteiger partial charge in [0.25, 0.3) is 5.91 Å². The van der Waals surface area contributed by atoms with Gasteiger partial charge in [0.1, 0.15) is 17.4 Å². The molecular formula is C23H25N2O7S2-. The first kappa shape index (κ1) is 24.4. The van der Waals surface area contributed by atoms with Crippen molar-refractivity contribution in [2.75, 3.05) is 10.1 Å². The minimum atomic E-state index is -3.66. The molecule has 9 nitrogen and oxygen atoms in total. The van der Waals surface area contributed by atoms with Crippen LogP contribution in [0.2, 0.25) is 0 Å². The Balaban J connectivity index is 1.61. The maximum atomic E-state index is 12.6. The number of nitrogens with one attached hydrogen (secondary N) is 1. The topological polar surface area (TPSA) is 140 Å². The van der Waals surface area contributed by atoms with Gasteiger partial charge in [-0.1, -0.05) is 30.3 Å². The first-order valence-electron chi connectivity index (χ1n) is 10.9. The zero-order chi connectivity index (χ0) is 24.3. The molecule has 4 rings (SSSR count). The summed E-state index contributed by atoms with van der Waals surface area (Å²) in [7, 11) is -3.66. The summed E-state index contributed by atoms with van der Waals surface area (Å²) in [5.41, 5.74) is 3.80. The predicted octanol–water partition coefficient (Wildman–Crippen LogP) is 2.79. The van der Waals surface area contributed by atoms with E-state index < -0.39 is 38.8 Å². The van der Waals surface area contributed by atoms with Gasteiger partial charge in [-0.15, -0.1) is 0 Å². The van der Waals surface area contributed by atoms with Crippen molar-refractivity contribution in [3.05, 3.63) is 65.4 Å². The highest BCUT2D eigenvalue weighted by Crippen LogP contribution is 2.35. The van der Waals surface area contributed by atoms with E-state index in [1.807, 2.05) is 0 Å². The van der Waals surface area contributed by atoms with Crippen molar-refractivity contribution in [2.45, 2.75) is 43.9 Å². The Kier molecular flexibility index (Phi) is 7.36. The molecular weight excluding hydrogens is 480 g/mol. The van der Waals surface area contributed by atoms with Gasteiger partial charge in [-0.3, -0.25) is 18.5 Å². The molecule has 1 aliphatic rings. The second-order valence-corrected chi connectivity index (χ2v) is 11.3. The van der Waals surface area contributed by atoms with Crippen molar-refractivity contribution in [1.82, 2.24) is 5.48 Å². The van der Waals surface area contributed by atoms with Gasteiger partial charge in [-0.25, -0.2) is 13.9 Å². The van der Waals surface area contributed by atoms with Crippen molar-refractivity contribution < 1.29 is 31.6 Å². The van der Waals surface area contributed by atoms with Crippen LogP contribution in [0.3, 0.4) is 0 Å². The average molecular weight is 506 g/mol. The van der Waals surface area contributed by atoms with Crippen LogP contribution < -0.4 is 9.79 Å². The molecule has 1 aromatic heterocycles. The third kappa shape index (κ3) is 5.33. The largest absolute Gasteiger partial charge is 0.755 e. The Hall–Kier alpha value is -2.73. The van der Waals surface area contributed by atoms with Gasteiger partial charge in [0.15, 0.2) is 9.84 Å². The molecule has 1 aliphatic carbocycles. The molecule has 182 valence electrons. The summed E-state index contributed by atoms with van der Waals surface area (Å²) >= 11 is -2.93. The molecule has 0 spiro atoms. The Morgan fingerprint density at radius 2 is 1.91 bits per heavy atom. The van der Waals surface area contributed by atoms with E-state index in [9.17, 15) is 27.2 Å². The molecule has 0 fully saturated rings. The number of carbonyl (C=O) groups excluding carboxylic acids is 1. The maximum Gasteiger partial charge on any atom is 0.267 e. The highest BCUT2D eigenvalue weighted by molar-refractivity contribution is 7.90. The first-order chi connectivity index (χ1) is 16.3. The smallest absolute Gasteiger partial charge is 0.267 e. The van der Waals surface area contributed by atoms with Gasteiger partial charge in [0, 0.05) is 34.7 Å². The van der Waals surface area contributed by atoms with Crippen LogP contribution in [0.1, 0.15) is 36.1 Å². The number of nitrogens with zero attached hydrogens (tertiary/aromatic N) is 1. The summed E-state index contributed by atoms with van der Waals surface area (Å²) in [6.07, 6.45) is 3.42. The fourth-order valence-corrected chi connectivity index (χ4v) is 6.50. The molecule has 0 saturated carbocycles. The van der Waals surface area contributed by atoms with Crippen LogP contribution in [0, 0.1) is 0 Å². The van der Waals surface area contributed by atoms with Gasteiger partial charge in [0.2, 0.25) is 0 Å². The van der Waals surface area contributed by atoms with Crippen LogP contribution in [0.5, 0.6) is 0 Å². The molecule has 2 N–H and O–H groups in total. The number of hydroxylamine groups is 1. The summed E-state index contributed by atoms with van der Waals surface area (Å²) in [5, 5.41) is 10.1. The lowest BCUT2D eigenvalue weighted by atomic mass is 9.96. The third-order valence-corrected chi connectivity index (χ3v) is 8.40. The molecule has 0 radical (unpaired) electrons. The van der Waals surface area contributed by atoms with Crippen molar-refractivity contribution in [3.63, 3.8) is 0 Å². The SMILES string of the molecule is O=C(NO)C(CCS(=O)(=O)Cc1ccccc1)N(c1ccc2c3c(oc2c1)CCCC3)S(=O)[O-]. The minimum Gasteiger partial charge on any atom is -0.755 e. The molecule has 1 heterocycles. The van der Waals surface area contributed by atoms with Crippen LogP contribution in [-0.2, 0) is 44.5 Å². The molecule has 2 unspecified atom stereocenters. The van der Waals surface area contributed by atoms with Gasteiger partial charge in [-0.05, 0) is 43.4 Å². The quantitative estimate of drug-likeness (QED) is 0.259. The summed E-state index contributed by atoms with van der Waals surface area (Å²) in [4.78, 5) is 12.4. The number of hydrogen-bond acceptors (Lipinski definition) is 7. The number of sulfone groups is 1. The fourth-order valence-electron chi connectivity index (χ4n) is 4.38. The molecule has 2 atom stereocenters. The summed E-state index contributed by atoms with van der Waals surface area (Å²) < 4.78 is 56.4. The lowest BCUT2D eigenvalue weighted by molar-refractivity contribution is -0.130. The molecule has 2 aromatic carbocycles. The molecule has 0 saturated heterocycles. The molecule has 1 amide bonds. The van der Waals surface area contributed by atoms with Gasteiger partial charge >= 0.3 is 0 Å². The van der Waals surface area contributed by atoms with E-state index in [1.165, 1.54) is 11.5 Å². The van der Waals surface area contributed by atoms with Crippen molar-refractivity contribution in [1.29, 1.82) is 0 Å². The monoisotopic (exact) mass is 505 g/mol. The number of benzene rings is 2. The highest BCUT2D eigenvalue weighted by atomic mass is 32.2. The van der Waals surface area contributed by atoms with E-state index in [0.29, 0.717) is 11.1 Å². The van der Waals surface area contributed by atoms with Crippen LogP contribution >= 0.6 is 0 Å². The lowest BCUT2D eigenvalue weighted by Gasteiger charge is -2.33. The summed E-state index contributed by atoms with van der Waals surface area (Å²) in [6.45, 7) is 0. The van der Waals surface area contributed by atoms with Crippen LogP contribution in [-0.4, -0.2) is 40.1 Å². The minimum absolute atomic E-state index is 0.140. The number of anilines is 1. The standard InChI is InChI=1S/C23H26N2O7S2/c26-23(24-27)20(12-13-34(30,31)15-16-6-2-1-3-7-16)25(33(28)29)17-10-11-19-18-8-4-5-9-21(18)32-22(19)14-17/h1-3,6-7,10-11,14,20,27H,4-5,8-9,12-13,15H2,(H,24,26)(H,28,29)/p-1. The Morgan fingerprint density at radius 3 is 2.62 bits per heavy atom. The predicted molar refractivity (Wildman–Crippen MR) is 127 cm³/mol. The van der Waals surface area contributed by atoms with Crippen molar-refractivity contribution in [2.24, 2.45) is 0 Å². The zero-order valence-electron chi connectivity index (χ0n) is 18.3. The molecule has 3 aromatic rings. The van der Waals surface area contributed by atoms with Crippen LogP contribution in [0.25, 0.3) is 11.0 Å². The average Bonchev–Trinajstić information content (AvgIpc) is 3.19. The van der Waals surface area contributed by atoms with Gasteiger partial charge in [-0.2, -0.15) is 0 Å². The second kappa shape index (κ2) is 10.3. The van der Waals surface area contributed by atoms with Crippen molar-refractivity contribution >= 4 is 43.7 Å². The summed E-state index contributed by atoms with van der Waals surface area (Å²) in [6, 6.07) is 11.9. The van der Waals surface area contributed by atoms with Gasteiger partial charge in [0.05, 0.1) is 17.2 Å². The number of amides is 1. The number of rotatable bonds is 9. The lowest BCUT2D eigenvalue weighted by Crippen LogP contribution is -2.48. The third-order valence-electron chi connectivity index (χ3n) is 5.98. The van der Waals surface area contributed by atoms with Crippen LogP contribution in [0.4, 0.5) is 5.69 Å². The summed E-state index contributed by atoms with van der Waals surface area (Å²) in [5.74, 6) is -0.848. The second-order valence-electron chi connectivity index (χ2n) is 8.29. The van der Waals surface area contributed by atoms with Crippen LogP contribution in [0.15, 0.2) is 52.9 Å². The number of furan rings is 1. The van der Waals surface area contributed by atoms with E-state index in [2.05, 4.69) is 0 Å². The Labute approximate surface area is 200 Å². The number of carbonyl (C=O) groups is 1. The van der Waals surface area contributed by atoms with E-state index in [-0.39, 0.29) is 17.9 Å². The van der Waals surface area contributed by atoms with E-state index >= 15 is 0 Å². The number of fused-ring (bicyclic) bond motifs is 3. The van der Waals surface area contributed by atoms with Gasteiger partial charge < -0.3 is 8.97 Å². The highest BCUT2D eigenvalue weighted by Gasteiger charge is 2.30. The molecule has 0 bridgehead atoms. The number of hydrogen-bond donors (Lipinski definition) is 2. The molecule has 0 aliphatic heterocycles. The Morgan fingerprint density at radius 1 is 1.18 bits per heavy atom. The maximum absolute atomic E-state index is 12.6. The molecule has 11 heteroatoms. The van der Waals surface area contributed by atoms with E-state index in [4.69, 9.17) is 4.42 Å². The van der Waals surface area contributed by atoms with E-state index in [1.54, 1.807) is 42.5 Å². The zero-order valence-corrected chi connectivity index (χ0v) is 19.9. The van der Waals surface area contributed by atoms with E-state index in [0.717, 1.165) is 46.7 Å². The molecule has 34 heavy (non-hydrogen) atoms. The Bertz CT molecular complexity index is 1310.